The molecule has 1 atom stereocenters. The van der Waals surface area contributed by atoms with E-state index in [0.717, 1.165) is 9.80 Å². The maximum Gasteiger partial charge on any atom is 0.165 e. The Kier molecular flexibility index (Phi) is 4.89. The molecule has 0 radical (unpaired) electrons. The molecule has 0 saturated carbocycles. The molecule has 0 fully saturated rings. The predicted octanol–water partition coefficient (Wildman–Crippen LogP) is 4.00. The van der Waals surface area contributed by atoms with Crippen LogP contribution in [-0.4, -0.2) is 11.9 Å². The van der Waals surface area contributed by atoms with Crippen molar-refractivity contribution in [3.63, 3.8) is 0 Å². The number of alkyl halides is 1. The monoisotopic (exact) mass is 324 g/mol. The Balaban J connectivity index is 2.62. The Labute approximate surface area is 99.9 Å². The molecule has 0 aliphatic heterocycles. The quantitative estimate of drug-likeness (QED) is 0.760. The fraction of sp³-hybridized carbons (Fsp3) is 0.400. The Morgan fingerprint density at radius 1 is 1.50 bits per heavy atom. The normalized spacial score (nSPS) is 12.6. The van der Waals surface area contributed by atoms with E-state index in [0.29, 0.717) is 18.3 Å². The third-order valence-corrected chi connectivity index (χ3v) is 3.28. The minimum absolute atomic E-state index is 0.298. The van der Waals surface area contributed by atoms with Gasteiger partial charge in [0.1, 0.15) is 0 Å². The highest BCUT2D eigenvalue weighted by Gasteiger charge is 2.06. The van der Waals surface area contributed by atoms with Gasteiger partial charge in [-0.05, 0) is 24.1 Å². The number of rotatable bonds is 4. The lowest BCUT2D eigenvalue weighted by Gasteiger charge is -2.11. The minimum Gasteiger partial charge on any atom is -0.490 e. The lowest BCUT2D eigenvalue weighted by molar-refractivity contribution is 0.262. The summed E-state index contributed by atoms with van der Waals surface area (Å²) in [4.78, 5) is 0. The van der Waals surface area contributed by atoms with Crippen LogP contribution in [0.1, 0.15) is 6.92 Å². The summed E-state index contributed by atoms with van der Waals surface area (Å²) in [5, 5.41) is 0.850. The maximum absolute atomic E-state index is 13.2. The molecule has 0 aromatic heterocycles. The van der Waals surface area contributed by atoms with Crippen LogP contribution < -0.4 is 4.74 Å². The highest BCUT2D eigenvalue weighted by atomic mass is 79.9. The Bertz CT molecular complexity index is 304. The van der Waals surface area contributed by atoms with Gasteiger partial charge in [0.15, 0.2) is 11.6 Å². The molecule has 0 aliphatic rings. The van der Waals surface area contributed by atoms with E-state index in [1.165, 1.54) is 6.07 Å². The topological polar surface area (TPSA) is 9.23 Å². The summed E-state index contributed by atoms with van der Waals surface area (Å²) in [5.74, 6) is 0.343. The van der Waals surface area contributed by atoms with Crippen molar-refractivity contribution in [2.75, 3.05) is 11.9 Å². The largest absolute Gasteiger partial charge is 0.490 e. The molecule has 4 heteroatoms. The minimum atomic E-state index is -0.324. The summed E-state index contributed by atoms with van der Waals surface area (Å²) in [6.45, 7) is 2.54. The molecule has 0 spiro atoms. The van der Waals surface area contributed by atoms with Crippen LogP contribution >= 0.6 is 31.9 Å². The van der Waals surface area contributed by atoms with Crippen LogP contribution in [0, 0.1) is 11.7 Å². The Morgan fingerprint density at radius 3 is 2.86 bits per heavy atom. The van der Waals surface area contributed by atoms with Crippen molar-refractivity contribution in [2.24, 2.45) is 5.92 Å². The molecular weight excluding hydrogens is 315 g/mol. The van der Waals surface area contributed by atoms with Gasteiger partial charge in [-0.3, -0.25) is 0 Å². The molecule has 0 amide bonds. The molecule has 0 bridgehead atoms. The molecule has 0 N–H and O–H groups in total. The first kappa shape index (κ1) is 12.0. The van der Waals surface area contributed by atoms with Gasteiger partial charge >= 0.3 is 0 Å². The molecule has 1 aromatic carbocycles. The smallest absolute Gasteiger partial charge is 0.165 e. The molecule has 14 heavy (non-hydrogen) atoms. The fourth-order valence-corrected chi connectivity index (χ4v) is 1.39. The van der Waals surface area contributed by atoms with Gasteiger partial charge in [-0.15, -0.1) is 0 Å². The first-order chi connectivity index (χ1) is 6.63. The van der Waals surface area contributed by atoms with E-state index in [-0.39, 0.29) is 5.82 Å². The van der Waals surface area contributed by atoms with Crippen molar-refractivity contribution in [3.05, 3.63) is 28.5 Å². The van der Waals surface area contributed by atoms with Crippen LogP contribution in [0.3, 0.4) is 0 Å². The maximum atomic E-state index is 13.2. The van der Waals surface area contributed by atoms with Crippen molar-refractivity contribution in [1.29, 1.82) is 0 Å². The molecule has 1 rings (SSSR count). The summed E-state index contributed by atoms with van der Waals surface area (Å²) in [5.41, 5.74) is 0. The summed E-state index contributed by atoms with van der Waals surface area (Å²) in [7, 11) is 0. The van der Waals surface area contributed by atoms with Gasteiger partial charge in [0, 0.05) is 9.80 Å². The fourth-order valence-electron chi connectivity index (χ4n) is 0.864. The zero-order valence-electron chi connectivity index (χ0n) is 7.77. The van der Waals surface area contributed by atoms with E-state index >= 15 is 0 Å². The second kappa shape index (κ2) is 5.71. The molecule has 0 aliphatic carbocycles. The van der Waals surface area contributed by atoms with E-state index in [1.54, 1.807) is 12.1 Å². The highest BCUT2D eigenvalue weighted by molar-refractivity contribution is 9.10. The van der Waals surface area contributed by atoms with E-state index in [9.17, 15) is 4.39 Å². The van der Waals surface area contributed by atoms with Gasteiger partial charge in [0.2, 0.25) is 0 Å². The van der Waals surface area contributed by atoms with Crippen molar-refractivity contribution in [3.8, 4) is 5.75 Å². The lowest BCUT2D eigenvalue weighted by atomic mass is 10.2. The van der Waals surface area contributed by atoms with Gasteiger partial charge in [-0.25, -0.2) is 4.39 Å². The van der Waals surface area contributed by atoms with Gasteiger partial charge in [0.05, 0.1) is 6.61 Å². The third-order valence-electron chi connectivity index (χ3n) is 1.68. The first-order valence-electron chi connectivity index (χ1n) is 4.27. The number of hydrogen-bond donors (Lipinski definition) is 0. The lowest BCUT2D eigenvalue weighted by Crippen LogP contribution is -2.10. The average molecular weight is 326 g/mol. The van der Waals surface area contributed by atoms with Crippen LogP contribution in [0.2, 0.25) is 0 Å². The standard InChI is InChI=1S/C10H11Br2FO/c1-7(5-11)6-14-10-4-8(12)2-3-9(10)13/h2-4,7H,5-6H2,1H3. The second-order valence-electron chi connectivity index (χ2n) is 3.15. The first-order valence-corrected chi connectivity index (χ1v) is 6.18. The van der Waals surface area contributed by atoms with Gasteiger partial charge in [0.25, 0.3) is 0 Å². The van der Waals surface area contributed by atoms with Crippen molar-refractivity contribution in [2.45, 2.75) is 6.92 Å². The molecule has 1 unspecified atom stereocenters. The molecule has 1 nitrogen and oxygen atoms in total. The van der Waals surface area contributed by atoms with Crippen LogP contribution in [-0.2, 0) is 0 Å². The van der Waals surface area contributed by atoms with Crippen LogP contribution in [0.5, 0.6) is 5.75 Å². The Morgan fingerprint density at radius 2 is 2.21 bits per heavy atom. The predicted molar refractivity (Wildman–Crippen MR) is 62.6 cm³/mol. The summed E-state index contributed by atoms with van der Waals surface area (Å²) >= 11 is 6.60. The zero-order chi connectivity index (χ0) is 10.6. The van der Waals surface area contributed by atoms with E-state index < -0.39 is 0 Å². The SMILES string of the molecule is CC(CBr)COc1cc(Br)ccc1F. The molecule has 1 aromatic rings. The van der Waals surface area contributed by atoms with Gasteiger partial charge in [-0.1, -0.05) is 38.8 Å². The van der Waals surface area contributed by atoms with Crippen LogP contribution in [0.25, 0.3) is 0 Å². The van der Waals surface area contributed by atoms with Crippen LogP contribution in [0.15, 0.2) is 22.7 Å². The average Bonchev–Trinajstić information content (AvgIpc) is 2.19. The van der Waals surface area contributed by atoms with E-state index in [2.05, 4.69) is 31.9 Å². The van der Waals surface area contributed by atoms with Crippen molar-refractivity contribution in [1.82, 2.24) is 0 Å². The van der Waals surface area contributed by atoms with Crippen molar-refractivity contribution >= 4 is 31.9 Å². The second-order valence-corrected chi connectivity index (χ2v) is 4.71. The summed E-state index contributed by atoms with van der Waals surface area (Å²) in [6.07, 6.45) is 0. The summed E-state index contributed by atoms with van der Waals surface area (Å²) < 4.78 is 19.3. The highest BCUT2D eigenvalue weighted by Crippen LogP contribution is 2.22. The van der Waals surface area contributed by atoms with Crippen molar-refractivity contribution < 1.29 is 9.13 Å². The van der Waals surface area contributed by atoms with Crippen LogP contribution in [0.4, 0.5) is 4.39 Å². The Hall–Kier alpha value is -0.0900. The zero-order valence-corrected chi connectivity index (χ0v) is 10.9. The number of benzene rings is 1. The van der Waals surface area contributed by atoms with E-state index in [4.69, 9.17) is 4.74 Å². The molecular formula is C10H11Br2FO. The molecule has 78 valence electrons. The number of halogens is 3. The number of ether oxygens (including phenoxy) is 1. The van der Waals surface area contributed by atoms with Gasteiger partial charge in [-0.2, -0.15) is 0 Å². The summed E-state index contributed by atoms with van der Waals surface area (Å²) in [6, 6.07) is 4.67. The molecule has 0 heterocycles. The van der Waals surface area contributed by atoms with E-state index in [1.807, 2.05) is 6.92 Å². The van der Waals surface area contributed by atoms with Gasteiger partial charge < -0.3 is 4.74 Å². The molecule has 0 saturated heterocycles. The third kappa shape index (κ3) is 3.58. The number of hydrogen-bond acceptors (Lipinski definition) is 1.